The quantitative estimate of drug-likeness (QED) is 0.0132. The fourth-order valence-electron chi connectivity index (χ4n) is 8.74. The van der Waals surface area contributed by atoms with Crippen LogP contribution in [-0.4, -0.2) is 34.1 Å². The molecule has 0 aliphatic carbocycles. The molecule has 0 aliphatic rings. The number of hydrogen-bond acceptors (Lipinski definition) is 2. The molecule has 0 amide bonds. The Morgan fingerprint density at radius 1 is 0.478 bits per heavy atom. The summed E-state index contributed by atoms with van der Waals surface area (Å²) in [5, 5.41) is 16.1. The molecular weight excluding hydrogens is 935 g/mol. The number of aryl methyl sites for hydroxylation is 2. The molecule has 2 aromatic carbocycles. The molecule has 69 heavy (non-hydrogen) atoms. The average molecular weight is 1040 g/mol. The summed E-state index contributed by atoms with van der Waals surface area (Å²) in [5.41, 5.74) is 17.1. The second-order valence-electron chi connectivity index (χ2n) is 19.4. The number of aliphatic hydroxyl groups is 2. The molecule has 4 nitrogen and oxygen atoms in total. The van der Waals surface area contributed by atoms with E-state index in [4.69, 9.17) is 10.2 Å². The maximum Gasteiger partial charge on any atom is 0.299 e. The number of benzene rings is 2. The molecular formula is C64H108N2O2Pd. The third kappa shape index (κ3) is 42.8. The Morgan fingerprint density at radius 3 is 1.36 bits per heavy atom. The Balaban J connectivity index is 0. The van der Waals surface area contributed by atoms with Crippen LogP contribution in [0.5, 0.6) is 0 Å². The Bertz CT molecular complexity index is 1570. The fraction of sp³-hybridized carbons (Fsp3) is 0.719. The summed E-state index contributed by atoms with van der Waals surface area (Å²) in [6.07, 6.45) is 52.0. The molecule has 2 rings (SSSR count). The first-order chi connectivity index (χ1) is 33.6. The maximum absolute atomic E-state index is 9.40. The monoisotopic (exact) mass is 1040 g/mol. The van der Waals surface area contributed by atoms with Crippen LogP contribution >= 0.6 is 0 Å². The van der Waals surface area contributed by atoms with Gasteiger partial charge in [-0.05, 0) is 84.8 Å². The van der Waals surface area contributed by atoms with Crippen molar-refractivity contribution < 1.29 is 35.4 Å². The van der Waals surface area contributed by atoms with Crippen LogP contribution in [0.3, 0.4) is 0 Å². The van der Waals surface area contributed by atoms with E-state index >= 15 is 0 Å². The molecule has 396 valence electrons. The molecule has 0 bridgehead atoms. The Hall–Kier alpha value is -2.52. The predicted molar refractivity (Wildman–Crippen MR) is 301 cm³/mol. The van der Waals surface area contributed by atoms with E-state index in [0.717, 1.165) is 64.2 Å². The van der Waals surface area contributed by atoms with Gasteiger partial charge in [0, 0.05) is 46.5 Å². The van der Waals surface area contributed by atoms with E-state index in [1.54, 1.807) is 0 Å². The molecule has 0 heterocycles. The summed E-state index contributed by atoms with van der Waals surface area (Å²) >= 11 is 0. The van der Waals surface area contributed by atoms with Crippen LogP contribution in [0.1, 0.15) is 294 Å². The van der Waals surface area contributed by atoms with Crippen molar-refractivity contribution in [3.63, 3.8) is 0 Å². The topological polar surface area (TPSA) is 76.9 Å². The van der Waals surface area contributed by atoms with Crippen LogP contribution in [-0.2, 0) is 33.3 Å². The van der Waals surface area contributed by atoms with Crippen LogP contribution < -0.4 is 0 Å². The number of allylic oxidation sites excluding steroid dienone is 2. The van der Waals surface area contributed by atoms with E-state index in [2.05, 4.69) is 106 Å². The fourth-order valence-corrected chi connectivity index (χ4v) is 8.74. The number of unbranched alkanes of at least 4 members (excludes halogenated alkanes) is 30. The SMILES string of the molecule is CCCCCCCCCCCCCCCCCCCCCCCCC#CCCc1ccccc1C(=C(C=C=[N+]=[N-])CCCCCCCC)c1cccc(CCCC)c1.CCCCO.CCCCO.[Pd]. The van der Waals surface area contributed by atoms with Crippen molar-refractivity contribution in [1.82, 2.24) is 0 Å². The summed E-state index contributed by atoms with van der Waals surface area (Å²) in [7, 11) is 0. The zero-order chi connectivity index (χ0) is 49.6. The summed E-state index contributed by atoms with van der Waals surface area (Å²) in [4.78, 5) is 3.28. The van der Waals surface area contributed by atoms with Crippen molar-refractivity contribution in [2.45, 2.75) is 285 Å². The van der Waals surface area contributed by atoms with Gasteiger partial charge in [0.2, 0.25) is 0 Å². The van der Waals surface area contributed by atoms with Crippen molar-refractivity contribution >= 4 is 11.4 Å². The third-order valence-corrected chi connectivity index (χ3v) is 13.1. The second kappa shape index (κ2) is 56.4. The van der Waals surface area contributed by atoms with E-state index in [1.165, 1.54) is 220 Å². The molecule has 0 saturated heterocycles. The van der Waals surface area contributed by atoms with E-state index in [1.807, 2.05) is 6.08 Å². The normalized spacial score (nSPS) is 10.8. The zero-order valence-electron chi connectivity index (χ0n) is 45.8. The van der Waals surface area contributed by atoms with Crippen LogP contribution in [0, 0.1) is 11.8 Å². The summed E-state index contributed by atoms with van der Waals surface area (Å²) in [6, 6.07) is 18.0. The zero-order valence-corrected chi connectivity index (χ0v) is 47.3. The number of rotatable bonds is 41. The smallest absolute Gasteiger partial charge is 0.299 e. The summed E-state index contributed by atoms with van der Waals surface area (Å²) in [6.45, 7) is 11.6. The number of hydrogen-bond donors (Lipinski definition) is 2. The molecule has 0 aliphatic heterocycles. The molecule has 0 unspecified atom stereocenters. The van der Waals surface area contributed by atoms with E-state index in [-0.39, 0.29) is 20.4 Å². The van der Waals surface area contributed by atoms with Crippen LogP contribution in [0.15, 0.2) is 60.2 Å². The van der Waals surface area contributed by atoms with Crippen molar-refractivity contribution in [3.8, 4) is 11.8 Å². The van der Waals surface area contributed by atoms with Gasteiger partial charge < -0.3 is 15.7 Å². The van der Waals surface area contributed by atoms with E-state index in [9.17, 15) is 5.53 Å². The minimum atomic E-state index is 0. The standard InChI is InChI=1S/C56H88N2.2C4H10O.Pd/c1-4-7-10-12-14-15-16-17-18-19-20-21-22-23-24-25-26-27-28-29-30-31-32-33-35-36-43-52-44-38-39-47-55(52)56(54-46-40-42-51(50-54)41-9-6-3)53(48-49-58-57)45-37-34-13-11-8-5-2;2*1-2-3-4-5;/h38-40,42,44,46-48,50H,4-32,34,36-37,41,43,45H2,1-3H3;2*5H,2-4H2,1H3;. The maximum atomic E-state index is 9.40. The van der Waals surface area contributed by atoms with Gasteiger partial charge in [-0.15, -0.1) is 16.6 Å². The molecule has 0 radical (unpaired) electrons. The van der Waals surface area contributed by atoms with Crippen molar-refractivity contribution in [2.24, 2.45) is 0 Å². The molecule has 2 N–H and O–H groups in total. The van der Waals surface area contributed by atoms with Crippen molar-refractivity contribution in [2.75, 3.05) is 13.2 Å². The van der Waals surface area contributed by atoms with Gasteiger partial charge in [-0.1, -0.05) is 269 Å². The molecule has 2 aromatic rings. The van der Waals surface area contributed by atoms with Gasteiger partial charge in [0.1, 0.15) is 0 Å². The molecule has 0 aromatic heterocycles. The first-order valence-corrected chi connectivity index (χ1v) is 29.1. The summed E-state index contributed by atoms with van der Waals surface area (Å²) in [5.74, 6) is 9.82. The first kappa shape index (κ1) is 68.6. The molecule has 0 fully saturated rings. The van der Waals surface area contributed by atoms with Crippen molar-refractivity contribution in [3.05, 3.63) is 88.0 Å². The average Bonchev–Trinajstić information content (AvgIpc) is 3.36. The van der Waals surface area contributed by atoms with Gasteiger partial charge in [0.15, 0.2) is 0 Å². The van der Waals surface area contributed by atoms with Crippen LogP contribution in [0.4, 0.5) is 0 Å². The predicted octanol–water partition coefficient (Wildman–Crippen LogP) is 19.5. The largest absolute Gasteiger partial charge is 0.396 e. The number of nitrogens with zero attached hydrogens (tertiary/aromatic N) is 2. The minimum absolute atomic E-state index is 0. The van der Waals surface area contributed by atoms with E-state index < -0.39 is 0 Å². The van der Waals surface area contributed by atoms with Gasteiger partial charge in [0.05, 0.1) is 6.08 Å². The van der Waals surface area contributed by atoms with Gasteiger partial charge in [-0.3, -0.25) is 0 Å². The first-order valence-electron chi connectivity index (χ1n) is 29.1. The van der Waals surface area contributed by atoms with Gasteiger partial charge in [-0.25, -0.2) is 0 Å². The number of aliphatic hydroxyl groups excluding tert-OH is 2. The summed E-state index contributed by atoms with van der Waals surface area (Å²) < 4.78 is 0. The van der Waals surface area contributed by atoms with Crippen LogP contribution in [0.2, 0.25) is 0 Å². The second-order valence-corrected chi connectivity index (χ2v) is 19.4. The van der Waals surface area contributed by atoms with Gasteiger partial charge in [0.25, 0.3) is 5.87 Å². The molecule has 0 saturated carbocycles. The molecule has 5 heteroatoms. The third-order valence-electron chi connectivity index (χ3n) is 13.1. The van der Waals surface area contributed by atoms with Gasteiger partial charge in [-0.2, -0.15) is 0 Å². The molecule has 0 spiro atoms. The van der Waals surface area contributed by atoms with E-state index in [0.29, 0.717) is 13.2 Å². The molecule has 0 atom stereocenters. The van der Waals surface area contributed by atoms with Crippen LogP contribution in [0.25, 0.3) is 11.1 Å². The van der Waals surface area contributed by atoms with Crippen molar-refractivity contribution in [1.29, 1.82) is 0 Å². The minimum Gasteiger partial charge on any atom is -0.396 e. The van der Waals surface area contributed by atoms with Gasteiger partial charge >= 0.3 is 0 Å². The Labute approximate surface area is 442 Å². The Morgan fingerprint density at radius 2 is 0.913 bits per heavy atom. The Kier molecular flexibility index (Phi) is 56.0.